The van der Waals surface area contributed by atoms with Gasteiger partial charge in [0.25, 0.3) is 0 Å². The van der Waals surface area contributed by atoms with Crippen molar-refractivity contribution in [3.63, 3.8) is 0 Å². The maximum absolute atomic E-state index is 13.6. The highest BCUT2D eigenvalue weighted by molar-refractivity contribution is 5.94. The Morgan fingerprint density at radius 2 is 1.93 bits per heavy atom. The van der Waals surface area contributed by atoms with Gasteiger partial charge in [0, 0.05) is 36.8 Å². The minimum Gasteiger partial charge on any atom is -0.339 e. The van der Waals surface area contributed by atoms with E-state index in [0.29, 0.717) is 25.2 Å². The number of carbonyl (C=O) groups is 1. The zero-order chi connectivity index (χ0) is 21.2. The smallest absolute Gasteiger partial charge is 0.249 e. The molecule has 0 aromatic carbocycles. The first-order valence-electron chi connectivity index (χ1n) is 11.0. The van der Waals surface area contributed by atoms with E-state index in [9.17, 15) is 9.18 Å². The van der Waals surface area contributed by atoms with Crippen LogP contribution in [0.25, 0.3) is 0 Å². The molecule has 1 saturated heterocycles. The van der Waals surface area contributed by atoms with Gasteiger partial charge in [-0.2, -0.15) is 10.2 Å². The summed E-state index contributed by atoms with van der Waals surface area (Å²) >= 11 is 0. The first-order chi connectivity index (χ1) is 13.9. The van der Waals surface area contributed by atoms with Crippen LogP contribution in [-0.4, -0.2) is 66.5 Å². The van der Waals surface area contributed by atoms with Gasteiger partial charge in [-0.1, -0.05) is 25.2 Å². The summed E-state index contributed by atoms with van der Waals surface area (Å²) in [5.74, 6) is 0.504. The summed E-state index contributed by atoms with van der Waals surface area (Å²) in [6.07, 6.45) is 8.89. The first kappa shape index (κ1) is 23.5. The number of alkyl halides is 1. The topological polar surface area (TPSA) is 48.3 Å². The van der Waals surface area contributed by atoms with Crippen LogP contribution in [0.1, 0.15) is 59.3 Å². The molecule has 5 nitrogen and oxygen atoms in total. The van der Waals surface area contributed by atoms with E-state index in [1.807, 2.05) is 30.9 Å². The van der Waals surface area contributed by atoms with Crippen LogP contribution in [0, 0.1) is 5.92 Å². The van der Waals surface area contributed by atoms with Crippen LogP contribution >= 0.6 is 0 Å². The van der Waals surface area contributed by atoms with Crippen LogP contribution in [-0.2, 0) is 4.79 Å². The number of piperidine rings is 1. The Labute approximate surface area is 175 Å². The molecule has 0 aromatic rings. The van der Waals surface area contributed by atoms with Gasteiger partial charge < -0.3 is 9.80 Å². The zero-order valence-electron chi connectivity index (χ0n) is 18.5. The molecule has 0 bridgehead atoms. The van der Waals surface area contributed by atoms with E-state index in [1.54, 1.807) is 6.08 Å². The van der Waals surface area contributed by atoms with Gasteiger partial charge in [0.15, 0.2) is 0 Å². The number of nitrogens with zero attached hydrogens (tertiary/aromatic N) is 4. The largest absolute Gasteiger partial charge is 0.339 e. The maximum Gasteiger partial charge on any atom is 0.249 e. The third-order valence-corrected chi connectivity index (χ3v) is 5.82. The number of halogens is 1. The van der Waals surface area contributed by atoms with Gasteiger partial charge in [-0.25, -0.2) is 4.39 Å². The van der Waals surface area contributed by atoms with Crippen molar-refractivity contribution in [1.82, 2.24) is 9.80 Å². The van der Waals surface area contributed by atoms with Crippen LogP contribution < -0.4 is 0 Å². The van der Waals surface area contributed by atoms with Crippen molar-refractivity contribution in [2.75, 3.05) is 33.2 Å². The highest BCUT2D eigenvalue weighted by Crippen LogP contribution is 2.23. The fourth-order valence-corrected chi connectivity index (χ4v) is 3.78. The summed E-state index contributed by atoms with van der Waals surface area (Å²) in [6, 6.07) is 0. The molecule has 29 heavy (non-hydrogen) atoms. The number of amides is 1. The number of allylic oxidation sites excluding steroid dienone is 3. The quantitative estimate of drug-likeness (QED) is 0.374. The molecule has 2 aliphatic rings. The standard InChI is InChI=1S/C23H37FN4O/c1-5-27(4)17-18(2)25-26-19(3)20-13-15-28(16-14-20)23(29)21-9-6-7-11-22(24)12-8-10-21/h7,10-11,20,22H,5-6,8-9,12-17H2,1-4H3/b11-7-,21-10+,25-18+,26-19+. The average molecular weight is 405 g/mol. The molecule has 0 aromatic heterocycles. The third kappa shape index (κ3) is 7.84. The van der Waals surface area contributed by atoms with Crippen molar-refractivity contribution in [2.24, 2.45) is 16.1 Å². The van der Waals surface area contributed by atoms with Crippen molar-refractivity contribution < 1.29 is 9.18 Å². The van der Waals surface area contributed by atoms with E-state index < -0.39 is 6.17 Å². The molecular formula is C23H37FN4O. The Morgan fingerprint density at radius 1 is 1.21 bits per heavy atom. The maximum atomic E-state index is 13.6. The summed E-state index contributed by atoms with van der Waals surface area (Å²) in [5, 5.41) is 8.84. The van der Waals surface area contributed by atoms with Gasteiger partial charge in [-0.3, -0.25) is 4.79 Å². The molecule has 1 aliphatic heterocycles. The van der Waals surface area contributed by atoms with Crippen LogP contribution in [0.15, 0.2) is 34.0 Å². The SMILES string of the molecule is CCN(C)C/C(C)=N/N=C(\C)C1CCN(C(=O)/C2=C/CCC(F)/C=C\CC2)CC1. The minimum absolute atomic E-state index is 0.125. The van der Waals surface area contributed by atoms with Gasteiger partial charge in [0.1, 0.15) is 6.17 Å². The molecule has 1 aliphatic carbocycles. The number of hydrogen-bond acceptors (Lipinski definition) is 4. The van der Waals surface area contributed by atoms with Crippen LogP contribution in [0.4, 0.5) is 4.39 Å². The van der Waals surface area contributed by atoms with Gasteiger partial charge in [-0.15, -0.1) is 0 Å². The second-order valence-corrected chi connectivity index (χ2v) is 8.26. The molecule has 1 amide bonds. The highest BCUT2D eigenvalue weighted by atomic mass is 19.1. The molecule has 1 heterocycles. The lowest BCUT2D eigenvalue weighted by Gasteiger charge is -2.32. The second kappa shape index (κ2) is 12.0. The predicted octanol–water partition coefficient (Wildman–Crippen LogP) is 4.41. The molecule has 0 spiro atoms. The zero-order valence-corrected chi connectivity index (χ0v) is 18.5. The minimum atomic E-state index is -0.896. The number of carbonyl (C=O) groups excluding carboxylic acids is 1. The van der Waals surface area contributed by atoms with E-state index in [1.165, 1.54) is 0 Å². The molecule has 0 radical (unpaired) electrons. The molecule has 6 heteroatoms. The lowest BCUT2D eigenvalue weighted by molar-refractivity contribution is -0.128. The van der Waals surface area contributed by atoms with Crippen LogP contribution in [0.5, 0.6) is 0 Å². The summed E-state index contributed by atoms with van der Waals surface area (Å²) < 4.78 is 13.6. The van der Waals surface area contributed by atoms with E-state index in [4.69, 9.17) is 0 Å². The molecule has 2 rings (SSSR count). The van der Waals surface area contributed by atoms with Crippen LogP contribution in [0.3, 0.4) is 0 Å². The number of rotatable bonds is 6. The van der Waals surface area contributed by atoms with Crippen molar-refractivity contribution in [3.8, 4) is 0 Å². The van der Waals surface area contributed by atoms with E-state index in [2.05, 4.69) is 29.1 Å². The van der Waals surface area contributed by atoms with E-state index in [0.717, 1.165) is 62.4 Å². The summed E-state index contributed by atoms with van der Waals surface area (Å²) in [7, 11) is 2.07. The molecule has 0 N–H and O–H groups in total. The Balaban J connectivity index is 1.88. The van der Waals surface area contributed by atoms with Crippen molar-refractivity contribution in [1.29, 1.82) is 0 Å². The molecule has 0 saturated carbocycles. The third-order valence-electron chi connectivity index (χ3n) is 5.82. The molecule has 1 fully saturated rings. The first-order valence-corrected chi connectivity index (χ1v) is 11.0. The lowest BCUT2D eigenvalue weighted by Crippen LogP contribution is -2.40. The average Bonchev–Trinajstić information content (AvgIpc) is 2.83. The monoisotopic (exact) mass is 404 g/mol. The normalized spacial score (nSPS) is 25.8. The van der Waals surface area contributed by atoms with Crippen molar-refractivity contribution in [3.05, 3.63) is 23.8 Å². The summed E-state index contributed by atoms with van der Waals surface area (Å²) in [4.78, 5) is 17.1. The number of hydrogen-bond donors (Lipinski definition) is 0. The molecule has 1 atom stereocenters. The fraction of sp³-hybridized carbons (Fsp3) is 0.696. The van der Waals surface area contributed by atoms with Crippen LogP contribution in [0.2, 0.25) is 0 Å². The molecule has 162 valence electrons. The lowest BCUT2D eigenvalue weighted by atomic mass is 9.92. The summed E-state index contributed by atoms with van der Waals surface area (Å²) in [6.45, 7) is 9.49. The Bertz CT molecular complexity index is 660. The van der Waals surface area contributed by atoms with Gasteiger partial charge in [-0.05, 0) is 66.0 Å². The molecule has 1 unspecified atom stereocenters. The predicted molar refractivity (Wildman–Crippen MR) is 119 cm³/mol. The van der Waals surface area contributed by atoms with Gasteiger partial charge >= 0.3 is 0 Å². The summed E-state index contributed by atoms with van der Waals surface area (Å²) in [5.41, 5.74) is 2.90. The Morgan fingerprint density at radius 3 is 2.62 bits per heavy atom. The van der Waals surface area contributed by atoms with E-state index >= 15 is 0 Å². The second-order valence-electron chi connectivity index (χ2n) is 8.26. The number of likely N-dealkylation sites (tertiary alicyclic amines) is 1. The van der Waals surface area contributed by atoms with Crippen molar-refractivity contribution >= 4 is 17.3 Å². The Kier molecular flexibility index (Phi) is 9.71. The van der Waals surface area contributed by atoms with Crippen molar-refractivity contribution in [2.45, 2.75) is 65.5 Å². The van der Waals surface area contributed by atoms with E-state index in [-0.39, 0.29) is 5.91 Å². The highest BCUT2D eigenvalue weighted by Gasteiger charge is 2.26. The molecular weight excluding hydrogens is 367 g/mol. The fourth-order valence-electron chi connectivity index (χ4n) is 3.78. The van der Waals surface area contributed by atoms with Gasteiger partial charge in [0.05, 0.1) is 5.71 Å². The van der Waals surface area contributed by atoms with Gasteiger partial charge in [0.2, 0.25) is 5.91 Å². The Hall–Kier alpha value is -1.82.